The van der Waals surface area contributed by atoms with Crippen molar-refractivity contribution in [1.29, 1.82) is 0 Å². The minimum absolute atomic E-state index is 0.299. The average Bonchev–Trinajstić information content (AvgIpc) is 1.84. The van der Waals surface area contributed by atoms with Crippen molar-refractivity contribution in [2.24, 2.45) is 5.18 Å². The fraction of sp³-hybridized carbons (Fsp3) is 0.600. The fourth-order valence-electron chi connectivity index (χ4n) is 0.227. The van der Waals surface area contributed by atoms with Crippen molar-refractivity contribution in [2.75, 3.05) is 7.05 Å². The molecule has 0 fully saturated rings. The minimum Gasteiger partial charge on any atom is -0.357 e. The van der Waals surface area contributed by atoms with E-state index in [-0.39, 0.29) is 6.17 Å². The van der Waals surface area contributed by atoms with Crippen LogP contribution in [0, 0.1) is 4.91 Å². The smallest absolute Gasteiger partial charge is 0.160 e. The minimum atomic E-state index is -0.299. The summed E-state index contributed by atoms with van der Waals surface area (Å²) >= 11 is 0. The predicted octanol–water partition coefficient (Wildman–Crippen LogP) is 1.17. The maximum atomic E-state index is 9.77. The third-order valence-corrected chi connectivity index (χ3v) is 1.03. The number of nitroso groups, excluding NO2 is 1. The number of rotatable bonds is 3. The first kappa shape index (κ1) is 7.14. The van der Waals surface area contributed by atoms with Gasteiger partial charge in [0.25, 0.3) is 0 Å². The van der Waals surface area contributed by atoms with E-state index in [9.17, 15) is 4.91 Å². The van der Waals surface area contributed by atoms with E-state index in [0.717, 1.165) is 0 Å². The van der Waals surface area contributed by atoms with Crippen LogP contribution in [-0.2, 0) is 0 Å². The second-order valence-corrected chi connectivity index (χ2v) is 1.59. The Bertz CT molecular complexity index is 80.4. The molecule has 1 unspecified atom stereocenters. The summed E-state index contributed by atoms with van der Waals surface area (Å²) in [7, 11) is 1.75. The average molecular weight is 114 g/mol. The first-order valence-corrected chi connectivity index (χ1v) is 2.39. The Hall–Kier alpha value is -0.860. The molecule has 0 aromatic rings. The van der Waals surface area contributed by atoms with Gasteiger partial charge in [0.2, 0.25) is 0 Å². The quantitative estimate of drug-likeness (QED) is 0.516. The molecule has 0 aliphatic rings. The highest BCUT2D eigenvalue weighted by atomic mass is 16.3. The molecule has 3 heteroatoms. The molecule has 0 saturated heterocycles. The van der Waals surface area contributed by atoms with E-state index >= 15 is 0 Å². The van der Waals surface area contributed by atoms with Crippen LogP contribution in [0.2, 0.25) is 0 Å². The molecule has 0 aromatic carbocycles. The fourth-order valence-corrected chi connectivity index (χ4v) is 0.227. The van der Waals surface area contributed by atoms with E-state index in [4.69, 9.17) is 0 Å². The summed E-state index contributed by atoms with van der Waals surface area (Å²) in [5.41, 5.74) is 0. The highest BCUT2D eigenvalue weighted by Crippen LogP contribution is 1.93. The molecule has 0 aliphatic carbocycles. The van der Waals surface area contributed by atoms with E-state index in [0.29, 0.717) is 0 Å². The summed E-state index contributed by atoms with van der Waals surface area (Å²) in [5, 5.41) is 2.76. The third kappa shape index (κ3) is 1.73. The zero-order valence-corrected chi connectivity index (χ0v) is 5.16. The second kappa shape index (κ2) is 3.18. The van der Waals surface area contributed by atoms with Crippen LogP contribution < -0.4 is 0 Å². The molecule has 0 N–H and O–H groups in total. The summed E-state index contributed by atoms with van der Waals surface area (Å²) in [5.74, 6) is 0. The van der Waals surface area contributed by atoms with Gasteiger partial charge in [-0.3, -0.25) is 0 Å². The van der Waals surface area contributed by atoms with Gasteiger partial charge in [-0.15, -0.1) is 4.91 Å². The largest absolute Gasteiger partial charge is 0.357 e. The first-order valence-electron chi connectivity index (χ1n) is 2.39. The Morgan fingerprint density at radius 1 is 1.88 bits per heavy atom. The van der Waals surface area contributed by atoms with Gasteiger partial charge in [0.15, 0.2) is 6.17 Å². The lowest BCUT2D eigenvalue weighted by Gasteiger charge is -2.13. The Kier molecular flexibility index (Phi) is 2.84. The Morgan fingerprint density at radius 2 is 2.38 bits per heavy atom. The summed E-state index contributed by atoms with van der Waals surface area (Å²) < 4.78 is 0. The molecule has 0 amide bonds. The van der Waals surface area contributed by atoms with E-state index in [2.05, 4.69) is 11.8 Å². The molecule has 0 aliphatic heterocycles. The van der Waals surface area contributed by atoms with Crippen molar-refractivity contribution in [1.82, 2.24) is 4.90 Å². The molecule has 3 nitrogen and oxygen atoms in total. The van der Waals surface area contributed by atoms with Crippen molar-refractivity contribution >= 4 is 0 Å². The Balaban J connectivity index is 3.60. The normalized spacial score (nSPS) is 12.2. The van der Waals surface area contributed by atoms with Gasteiger partial charge >= 0.3 is 0 Å². The molecule has 46 valence electrons. The lowest BCUT2D eigenvalue weighted by Crippen LogP contribution is -2.20. The lowest BCUT2D eigenvalue weighted by atomic mass is 10.5. The highest BCUT2D eigenvalue weighted by molar-refractivity contribution is 4.70. The maximum Gasteiger partial charge on any atom is 0.160 e. The van der Waals surface area contributed by atoms with Gasteiger partial charge < -0.3 is 4.90 Å². The Labute approximate surface area is 49.0 Å². The molecular weight excluding hydrogens is 104 g/mol. The van der Waals surface area contributed by atoms with Crippen LogP contribution in [0.15, 0.2) is 18.0 Å². The van der Waals surface area contributed by atoms with Gasteiger partial charge in [0, 0.05) is 7.05 Å². The summed E-state index contributed by atoms with van der Waals surface area (Å²) in [6.07, 6.45) is 1.26. The van der Waals surface area contributed by atoms with Crippen LogP contribution in [0.3, 0.4) is 0 Å². The topological polar surface area (TPSA) is 32.7 Å². The first-order chi connectivity index (χ1) is 3.72. The SMILES string of the molecule is C=CN(C)C(C)N=O. The molecule has 0 heterocycles. The molecule has 0 radical (unpaired) electrons. The van der Waals surface area contributed by atoms with E-state index in [1.54, 1.807) is 25.1 Å². The van der Waals surface area contributed by atoms with Crippen LogP contribution >= 0.6 is 0 Å². The molecule has 8 heavy (non-hydrogen) atoms. The van der Waals surface area contributed by atoms with Gasteiger partial charge in [0.1, 0.15) is 0 Å². The number of nitrogens with zero attached hydrogens (tertiary/aromatic N) is 2. The van der Waals surface area contributed by atoms with Crippen LogP contribution in [0.4, 0.5) is 0 Å². The van der Waals surface area contributed by atoms with E-state index in [1.165, 1.54) is 0 Å². The van der Waals surface area contributed by atoms with Gasteiger partial charge in [-0.25, -0.2) is 0 Å². The summed E-state index contributed by atoms with van der Waals surface area (Å²) in [6.45, 7) is 5.16. The van der Waals surface area contributed by atoms with Crippen molar-refractivity contribution in [2.45, 2.75) is 13.1 Å². The highest BCUT2D eigenvalue weighted by Gasteiger charge is 2.00. The van der Waals surface area contributed by atoms with Crippen molar-refractivity contribution < 1.29 is 0 Å². The van der Waals surface area contributed by atoms with Gasteiger partial charge in [-0.1, -0.05) is 6.58 Å². The molecule has 1 atom stereocenters. The number of hydrogen-bond donors (Lipinski definition) is 0. The van der Waals surface area contributed by atoms with Crippen LogP contribution in [0.25, 0.3) is 0 Å². The number of hydrogen-bond acceptors (Lipinski definition) is 3. The molecule has 0 saturated carbocycles. The lowest BCUT2D eigenvalue weighted by molar-refractivity contribution is 0.362. The Morgan fingerprint density at radius 3 is 2.50 bits per heavy atom. The van der Waals surface area contributed by atoms with Crippen LogP contribution in [0.1, 0.15) is 6.92 Å². The molecule has 0 aromatic heterocycles. The summed E-state index contributed by atoms with van der Waals surface area (Å²) in [6, 6.07) is 0. The van der Waals surface area contributed by atoms with Gasteiger partial charge in [-0.05, 0) is 18.3 Å². The summed E-state index contributed by atoms with van der Waals surface area (Å²) in [4.78, 5) is 11.4. The zero-order valence-electron chi connectivity index (χ0n) is 5.16. The zero-order chi connectivity index (χ0) is 6.57. The molecule has 0 bridgehead atoms. The van der Waals surface area contributed by atoms with E-state index < -0.39 is 0 Å². The van der Waals surface area contributed by atoms with Gasteiger partial charge in [0.05, 0.1) is 0 Å². The van der Waals surface area contributed by atoms with Crippen molar-refractivity contribution in [3.63, 3.8) is 0 Å². The monoisotopic (exact) mass is 114 g/mol. The second-order valence-electron chi connectivity index (χ2n) is 1.59. The van der Waals surface area contributed by atoms with Crippen LogP contribution in [-0.4, -0.2) is 18.1 Å². The predicted molar refractivity (Wildman–Crippen MR) is 33.2 cm³/mol. The van der Waals surface area contributed by atoms with E-state index in [1.807, 2.05) is 0 Å². The van der Waals surface area contributed by atoms with Crippen molar-refractivity contribution in [3.05, 3.63) is 17.7 Å². The van der Waals surface area contributed by atoms with Gasteiger partial charge in [-0.2, -0.15) is 0 Å². The van der Waals surface area contributed by atoms with Crippen molar-refractivity contribution in [3.8, 4) is 0 Å². The van der Waals surface area contributed by atoms with Crippen LogP contribution in [0.5, 0.6) is 0 Å². The molecular formula is C5H10N2O. The standard InChI is InChI=1S/C5H10N2O/c1-4-7(3)5(2)6-8/h4-5H,1H2,2-3H3. The molecule has 0 rings (SSSR count). The maximum absolute atomic E-state index is 9.77. The molecule has 0 spiro atoms. The third-order valence-electron chi connectivity index (χ3n) is 1.03.